The molecule has 1 N–H and O–H groups in total. The van der Waals surface area contributed by atoms with Crippen molar-refractivity contribution in [3.63, 3.8) is 0 Å². The number of hydrogen-bond donors (Lipinski definition) is 1. The number of hydrogen-bond acceptors (Lipinski definition) is 5. The van der Waals surface area contributed by atoms with E-state index in [1.807, 2.05) is 43.3 Å². The number of aromatic nitrogens is 2. The molecule has 0 fully saturated rings. The Balaban J connectivity index is 1.71. The standard InChI is InChI=1S/C15H10ClN3OS/c1-8-2-4-10-12(6-8)20-14(17-10)19-15-18-11-7-9(16)3-5-13(11)21-15/h2-7H,1H3,(H,17,18,19). The van der Waals surface area contributed by atoms with Crippen LogP contribution in [0.4, 0.5) is 11.1 Å². The van der Waals surface area contributed by atoms with Crippen LogP contribution in [-0.4, -0.2) is 9.97 Å². The summed E-state index contributed by atoms with van der Waals surface area (Å²) in [5.74, 6) is 0. The smallest absolute Gasteiger partial charge is 0.302 e. The Hall–Kier alpha value is -2.11. The summed E-state index contributed by atoms with van der Waals surface area (Å²) in [5.41, 5.74) is 3.59. The summed E-state index contributed by atoms with van der Waals surface area (Å²) in [4.78, 5) is 8.88. The number of fused-ring (bicyclic) bond motifs is 2. The molecule has 0 amide bonds. The molecule has 104 valence electrons. The number of halogens is 1. The van der Waals surface area contributed by atoms with E-state index in [1.54, 1.807) is 0 Å². The third-order valence-corrected chi connectivity index (χ3v) is 4.29. The Bertz CT molecular complexity index is 882. The minimum Gasteiger partial charge on any atom is -0.423 e. The minimum atomic E-state index is 0.445. The number of rotatable bonds is 2. The average Bonchev–Trinajstić information content (AvgIpc) is 3.00. The molecule has 0 aliphatic rings. The Labute approximate surface area is 129 Å². The highest BCUT2D eigenvalue weighted by Gasteiger charge is 2.09. The summed E-state index contributed by atoms with van der Waals surface area (Å²) < 4.78 is 6.75. The van der Waals surface area contributed by atoms with E-state index in [-0.39, 0.29) is 0 Å². The van der Waals surface area contributed by atoms with Crippen LogP contribution in [0.3, 0.4) is 0 Å². The fourth-order valence-corrected chi connectivity index (χ4v) is 3.13. The maximum Gasteiger partial charge on any atom is 0.302 e. The second-order valence-corrected chi connectivity index (χ2v) is 6.21. The van der Waals surface area contributed by atoms with Crippen LogP contribution in [0.2, 0.25) is 5.02 Å². The van der Waals surface area contributed by atoms with Gasteiger partial charge in [0.2, 0.25) is 0 Å². The zero-order valence-electron chi connectivity index (χ0n) is 11.1. The van der Waals surface area contributed by atoms with E-state index in [2.05, 4.69) is 15.3 Å². The van der Waals surface area contributed by atoms with Crippen LogP contribution in [0, 0.1) is 6.92 Å². The van der Waals surface area contributed by atoms with E-state index in [0.29, 0.717) is 11.0 Å². The largest absolute Gasteiger partial charge is 0.423 e. The first-order chi connectivity index (χ1) is 10.2. The van der Waals surface area contributed by atoms with Gasteiger partial charge in [-0.2, -0.15) is 4.98 Å². The van der Waals surface area contributed by atoms with Gasteiger partial charge >= 0.3 is 6.01 Å². The van der Waals surface area contributed by atoms with Crippen LogP contribution in [0.5, 0.6) is 0 Å². The van der Waals surface area contributed by atoms with Gasteiger partial charge in [-0.1, -0.05) is 29.0 Å². The van der Waals surface area contributed by atoms with Crippen molar-refractivity contribution in [2.75, 3.05) is 5.32 Å². The highest BCUT2D eigenvalue weighted by atomic mass is 35.5. The molecule has 0 bridgehead atoms. The van der Waals surface area contributed by atoms with Gasteiger partial charge in [-0.05, 0) is 42.8 Å². The monoisotopic (exact) mass is 315 g/mol. The van der Waals surface area contributed by atoms with Gasteiger partial charge in [0.25, 0.3) is 0 Å². The van der Waals surface area contributed by atoms with Crippen molar-refractivity contribution in [3.8, 4) is 0 Å². The van der Waals surface area contributed by atoms with Gasteiger partial charge in [-0.25, -0.2) is 4.98 Å². The zero-order valence-corrected chi connectivity index (χ0v) is 12.6. The van der Waals surface area contributed by atoms with Gasteiger partial charge in [0.1, 0.15) is 5.52 Å². The first-order valence-corrected chi connectivity index (χ1v) is 7.57. The second kappa shape index (κ2) is 4.72. The van der Waals surface area contributed by atoms with Crippen LogP contribution >= 0.6 is 22.9 Å². The maximum atomic E-state index is 5.97. The van der Waals surface area contributed by atoms with Crippen LogP contribution in [-0.2, 0) is 0 Å². The van der Waals surface area contributed by atoms with Crippen molar-refractivity contribution in [2.45, 2.75) is 6.92 Å². The lowest BCUT2D eigenvalue weighted by atomic mass is 10.2. The molecule has 2 aromatic carbocycles. The lowest BCUT2D eigenvalue weighted by Gasteiger charge is -1.93. The average molecular weight is 316 g/mol. The molecule has 0 atom stereocenters. The van der Waals surface area contributed by atoms with E-state index >= 15 is 0 Å². The fraction of sp³-hybridized carbons (Fsp3) is 0.0667. The second-order valence-electron chi connectivity index (χ2n) is 4.75. The minimum absolute atomic E-state index is 0.445. The fourth-order valence-electron chi connectivity index (χ4n) is 2.13. The van der Waals surface area contributed by atoms with Gasteiger partial charge in [-0.3, -0.25) is 5.32 Å². The molecule has 0 aliphatic heterocycles. The molecule has 2 aromatic heterocycles. The van der Waals surface area contributed by atoms with Gasteiger partial charge in [0.05, 0.1) is 10.2 Å². The molecule has 0 radical (unpaired) electrons. The third kappa shape index (κ3) is 2.34. The van der Waals surface area contributed by atoms with E-state index in [9.17, 15) is 0 Å². The quantitative estimate of drug-likeness (QED) is 0.556. The van der Waals surface area contributed by atoms with Gasteiger partial charge in [-0.15, -0.1) is 0 Å². The molecular weight excluding hydrogens is 306 g/mol. The third-order valence-electron chi connectivity index (χ3n) is 3.11. The molecule has 0 saturated carbocycles. The van der Waals surface area contributed by atoms with E-state index < -0.39 is 0 Å². The molecule has 2 heterocycles. The number of aryl methyl sites for hydroxylation is 1. The molecule has 0 aliphatic carbocycles. The molecule has 4 nitrogen and oxygen atoms in total. The summed E-state index contributed by atoms with van der Waals surface area (Å²) in [6.07, 6.45) is 0. The highest BCUT2D eigenvalue weighted by molar-refractivity contribution is 7.22. The van der Waals surface area contributed by atoms with Crippen LogP contribution in [0.25, 0.3) is 21.3 Å². The molecule has 4 rings (SSSR count). The topological polar surface area (TPSA) is 51.0 Å². The van der Waals surface area contributed by atoms with Crippen LogP contribution in [0.1, 0.15) is 5.56 Å². The molecule has 0 unspecified atom stereocenters. The Morgan fingerprint density at radius 1 is 1.10 bits per heavy atom. The van der Waals surface area contributed by atoms with Crippen molar-refractivity contribution in [1.29, 1.82) is 0 Å². The summed E-state index contributed by atoms with van der Waals surface area (Å²) in [6.45, 7) is 2.02. The lowest BCUT2D eigenvalue weighted by molar-refractivity contribution is 0.623. The molecule has 6 heteroatoms. The van der Waals surface area contributed by atoms with Crippen LogP contribution < -0.4 is 5.32 Å². The number of thiazole rings is 1. The maximum absolute atomic E-state index is 5.97. The molecule has 0 spiro atoms. The van der Waals surface area contributed by atoms with E-state index in [4.69, 9.17) is 16.0 Å². The molecule has 4 aromatic rings. The van der Waals surface area contributed by atoms with Crippen LogP contribution in [0.15, 0.2) is 40.8 Å². The summed E-state index contributed by atoms with van der Waals surface area (Å²) >= 11 is 7.50. The molecular formula is C15H10ClN3OS. The Kier molecular flexibility index (Phi) is 2.83. The number of nitrogens with one attached hydrogen (secondary N) is 1. The van der Waals surface area contributed by atoms with Crippen molar-refractivity contribution < 1.29 is 4.42 Å². The summed E-state index contributed by atoms with van der Waals surface area (Å²) in [6, 6.07) is 12.0. The number of nitrogens with zero attached hydrogens (tertiary/aromatic N) is 2. The SMILES string of the molecule is Cc1ccc2nc(Nc3nc4cc(Cl)ccc4s3)oc2c1. The van der Waals surface area contributed by atoms with Crippen molar-refractivity contribution in [2.24, 2.45) is 0 Å². The van der Waals surface area contributed by atoms with Gasteiger partial charge in [0.15, 0.2) is 10.7 Å². The first kappa shape index (κ1) is 12.6. The first-order valence-electron chi connectivity index (χ1n) is 6.38. The number of oxazole rings is 1. The Morgan fingerprint density at radius 2 is 2.00 bits per heavy atom. The normalized spacial score (nSPS) is 11.3. The van der Waals surface area contributed by atoms with Crippen molar-refractivity contribution >= 4 is 55.4 Å². The predicted octanol–water partition coefficient (Wildman–Crippen LogP) is 5.14. The number of benzene rings is 2. The van der Waals surface area contributed by atoms with E-state index in [0.717, 1.165) is 32.0 Å². The van der Waals surface area contributed by atoms with Crippen molar-refractivity contribution in [3.05, 3.63) is 47.0 Å². The van der Waals surface area contributed by atoms with Gasteiger partial charge < -0.3 is 4.42 Å². The lowest BCUT2D eigenvalue weighted by Crippen LogP contribution is -1.88. The zero-order chi connectivity index (χ0) is 14.4. The molecule has 0 saturated heterocycles. The van der Waals surface area contributed by atoms with Gasteiger partial charge in [0, 0.05) is 5.02 Å². The Morgan fingerprint density at radius 3 is 2.90 bits per heavy atom. The van der Waals surface area contributed by atoms with E-state index in [1.165, 1.54) is 11.3 Å². The van der Waals surface area contributed by atoms with Crippen molar-refractivity contribution in [1.82, 2.24) is 9.97 Å². The summed E-state index contributed by atoms with van der Waals surface area (Å²) in [7, 11) is 0. The predicted molar refractivity (Wildman–Crippen MR) is 86.7 cm³/mol. The summed E-state index contributed by atoms with van der Waals surface area (Å²) in [5, 5.41) is 4.52. The molecule has 21 heavy (non-hydrogen) atoms. The number of anilines is 2. The highest BCUT2D eigenvalue weighted by Crippen LogP contribution is 2.30.